The summed E-state index contributed by atoms with van der Waals surface area (Å²) in [5.74, 6) is -0.905. The first-order valence-corrected chi connectivity index (χ1v) is 28.6. The van der Waals surface area contributed by atoms with E-state index in [2.05, 4.69) is 106 Å². The molecule has 0 amide bonds. The molecule has 0 aliphatic rings. The van der Waals surface area contributed by atoms with Crippen molar-refractivity contribution in [2.45, 2.75) is 277 Å². The molecule has 0 bridgehead atoms. The number of carbonyl (C=O) groups is 3. The van der Waals surface area contributed by atoms with Crippen LogP contribution in [0.25, 0.3) is 0 Å². The lowest BCUT2D eigenvalue weighted by Crippen LogP contribution is -2.30. The highest BCUT2D eigenvalue weighted by molar-refractivity contribution is 5.71. The fourth-order valence-electron chi connectivity index (χ4n) is 7.92. The molecule has 0 aliphatic carbocycles. The van der Waals surface area contributed by atoms with Crippen LogP contribution in [0.2, 0.25) is 0 Å². The average Bonchev–Trinajstić information content (AvgIpc) is 3.34. The number of carbonyl (C=O) groups excluding carboxylic acids is 3. The molecule has 1 atom stereocenters. The topological polar surface area (TPSA) is 78.9 Å². The van der Waals surface area contributed by atoms with Crippen LogP contribution < -0.4 is 0 Å². The standard InChI is InChI=1S/C62H106O6/c1-4-7-10-13-16-19-22-25-28-30-31-32-35-37-40-43-46-49-52-55-61(64)67-58-59(57-66-60(63)54-51-48-45-42-39-36-33-27-24-21-18-15-12-9-6-3)68-62(65)56-53-50-47-44-41-38-34-29-26-23-20-17-14-11-8-5-2/h7-8,10-11,16-17,19-20,25-26,28-29,31-32,59H,4-6,9,12-15,18,21-24,27,30,33-58H2,1-3H3/b10-7-,11-8-,19-16-,20-17-,28-25-,29-26-,32-31-. The molecule has 390 valence electrons. The van der Waals surface area contributed by atoms with Crippen LogP contribution in [0.15, 0.2) is 85.1 Å². The number of rotatable bonds is 51. The van der Waals surface area contributed by atoms with Crippen molar-refractivity contribution < 1.29 is 28.6 Å². The zero-order valence-electron chi connectivity index (χ0n) is 44.6. The first-order chi connectivity index (χ1) is 33.5. The van der Waals surface area contributed by atoms with Crippen molar-refractivity contribution >= 4 is 17.9 Å². The third kappa shape index (κ3) is 53.5. The molecule has 6 nitrogen and oxygen atoms in total. The second-order valence-electron chi connectivity index (χ2n) is 18.8. The van der Waals surface area contributed by atoms with E-state index < -0.39 is 6.10 Å². The Labute approximate surface area is 420 Å². The van der Waals surface area contributed by atoms with E-state index in [1.807, 2.05) is 0 Å². The van der Waals surface area contributed by atoms with E-state index in [9.17, 15) is 14.4 Å². The SMILES string of the molecule is CC/C=C\C/C=C\C/C=C\C/C=C\CCCCCCCCC(=O)OCC(COC(=O)CCCCCCCCCCCCCCCCC)OC(=O)CCCCCCCC/C=C\C/C=C\C/C=C\CC. The van der Waals surface area contributed by atoms with E-state index in [1.54, 1.807) is 0 Å². The third-order valence-corrected chi connectivity index (χ3v) is 12.1. The summed E-state index contributed by atoms with van der Waals surface area (Å²) < 4.78 is 16.9. The average molecular weight is 948 g/mol. The molecular weight excluding hydrogens is 841 g/mol. The zero-order chi connectivity index (χ0) is 49.3. The summed E-state index contributed by atoms with van der Waals surface area (Å²) in [6, 6.07) is 0. The summed E-state index contributed by atoms with van der Waals surface area (Å²) >= 11 is 0. The Morgan fingerprint density at radius 2 is 0.574 bits per heavy atom. The maximum absolute atomic E-state index is 12.9. The molecule has 0 radical (unpaired) electrons. The fourth-order valence-corrected chi connectivity index (χ4v) is 7.92. The van der Waals surface area contributed by atoms with Gasteiger partial charge in [-0.2, -0.15) is 0 Å². The number of ether oxygens (including phenoxy) is 3. The van der Waals surface area contributed by atoms with Gasteiger partial charge in [0.2, 0.25) is 0 Å². The summed E-state index contributed by atoms with van der Waals surface area (Å²) in [5.41, 5.74) is 0. The van der Waals surface area contributed by atoms with Gasteiger partial charge in [0.05, 0.1) is 0 Å². The third-order valence-electron chi connectivity index (χ3n) is 12.1. The van der Waals surface area contributed by atoms with Gasteiger partial charge in [-0.25, -0.2) is 0 Å². The molecule has 0 spiro atoms. The first kappa shape index (κ1) is 64.6. The lowest BCUT2D eigenvalue weighted by Gasteiger charge is -2.18. The normalized spacial score (nSPS) is 12.7. The number of unbranched alkanes of at least 4 members (excludes halogenated alkanes) is 26. The molecule has 0 N–H and O–H groups in total. The molecule has 1 unspecified atom stereocenters. The van der Waals surface area contributed by atoms with E-state index in [1.165, 1.54) is 109 Å². The summed E-state index contributed by atoms with van der Waals surface area (Å²) in [7, 11) is 0. The molecule has 6 heteroatoms. The van der Waals surface area contributed by atoms with Crippen molar-refractivity contribution in [3.63, 3.8) is 0 Å². The molecule has 0 saturated heterocycles. The Kier molecular flexibility index (Phi) is 53.4. The Bertz CT molecular complexity index is 1320. The number of allylic oxidation sites excluding steroid dienone is 14. The molecule has 0 aromatic carbocycles. The molecule has 0 rings (SSSR count). The van der Waals surface area contributed by atoms with Gasteiger partial charge in [-0.1, -0.05) is 247 Å². The Balaban J connectivity index is 4.42. The van der Waals surface area contributed by atoms with Crippen molar-refractivity contribution in [1.29, 1.82) is 0 Å². The van der Waals surface area contributed by atoms with Gasteiger partial charge in [0.25, 0.3) is 0 Å². The molecule has 0 heterocycles. The van der Waals surface area contributed by atoms with Crippen LogP contribution in [0, 0.1) is 0 Å². The van der Waals surface area contributed by atoms with Crippen LogP contribution >= 0.6 is 0 Å². The summed E-state index contributed by atoms with van der Waals surface area (Å²) in [6.45, 7) is 6.41. The number of esters is 3. The monoisotopic (exact) mass is 947 g/mol. The molecule has 0 fully saturated rings. The molecule has 0 aromatic heterocycles. The van der Waals surface area contributed by atoms with E-state index in [4.69, 9.17) is 14.2 Å². The fraction of sp³-hybridized carbons (Fsp3) is 0.726. The van der Waals surface area contributed by atoms with E-state index in [-0.39, 0.29) is 31.1 Å². The van der Waals surface area contributed by atoms with Gasteiger partial charge in [0, 0.05) is 19.3 Å². The molecule has 0 aromatic rings. The number of hydrogen-bond acceptors (Lipinski definition) is 6. The van der Waals surface area contributed by atoms with Gasteiger partial charge >= 0.3 is 17.9 Å². The maximum atomic E-state index is 12.9. The highest BCUT2D eigenvalue weighted by Crippen LogP contribution is 2.16. The van der Waals surface area contributed by atoms with Gasteiger partial charge in [0.15, 0.2) is 6.10 Å². The van der Waals surface area contributed by atoms with Crippen LogP contribution in [0.5, 0.6) is 0 Å². The van der Waals surface area contributed by atoms with Gasteiger partial charge in [-0.05, 0) is 89.9 Å². The first-order valence-electron chi connectivity index (χ1n) is 28.6. The van der Waals surface area contributed by atoms with Crippen LogP contribution in [0.1, 0.15) is 271 Å². The zero-order valence-corrected chi connectivity index (χ0v) is 44.6. The van der Waals surface area contributed by atoms with Crippen molar-refractivity contribution in [3.05, 3.63) is 85.1 Å². The molecule has 0 saturated carbocycles. The summed E-state index contributed by atoms with van der Waals surface area (Å²) in [4.78, 5) is 38.2. The van der Waals surface area contributed by atoms with E-state index in [0.717, 1.165) is 122 Å². The quantitative estimate of drug-likeness (QED) is 0.0262. The van der Waals surface area contributed by atoms with Crippen LogP contribution in [-0.2, 0) is 28.6 Å². The second kappa shape index (κ2) is 56.2. The summed E-state index contributed by atoms with van der Waals surface area (Å²) in [6.07, 6.45) is 72.8. The van der Waals surface area contributed by atoms with Crippen molar-refractivity contribution in [2.24, 2.45) is 0 Å². The summed E-state index contributed by atoms with van der Waals surface area (Å²) in [5, 5.41) is 0. The predicted molar refractivity (Wildman–Crippen MR) is 293 cm³/mol. The molecule has 0 aliphatic heterocycles. The van der Waals surface area contributed by atoms with Crippen LogP contribution in [0.4, 0.5) is 0 Å². The molecule has 68 heavy (non-hydrogen) atoms. The molecular formula is C62H106O6. The maximum Gasteiger partial charge on any atom is 0.306 e. The highest BCUT2D eigenvalue weighted by atomic mass is 16.6. The predicted octanol–water partition coefficient (Wildman–Crippen LogP) is 19.2. The van der Waals surface area contributed by atoms with Crippen molar-refractivity contribution in [1.82, 2.24) is 0 Å². The van der Waals surface area contributed by atoms with Gasteiger partial charge in [-0.3, -0.25) is 14.4 Å². The van der Waals surface area contributed by atoms with Crippen molar-refractivity contribution in [3.8, 4) is 0 Å². The minimum atomic E-state index is -0.789. The second-order valence-corrected chi connectivity index (χ2v) is 18.8. The minimum Gasteiger partial charge on any atom is -0.462 e. The number of hydrogen-bond donors (Lipinski definition) is 0. The van der Waals surface area contributed by atoms with Gasteiger partial charge in [-0.15, -0.1) is 0 Å². The minimum absolute atomic E-state index is 0.0848. The largest absolute Gasteiger partial charge is 0.462 e. The smallest absolute Gasteiger partial charge is 0.306 e. The lowest BCUT2D eigenvalue weighted by atomic mass is 10.0. The van der Waals surface area contributed by atoms with Gasteiger partial charge < -0.3 is 14.2 Å². The van der Waals surface area contributed by atoms with E-state index >= 15 is 0 Å². The lowest BCUT2D eigenvalue weighted by molar-refractivity contribution is -0.167. The van der Waals surface area contributed by atoms with Crippen molar-refractivity contribution in [2.75, 3.05) is 13.2 Å². The van der Waals surface area contributed by atoms with Crippen LogP contribution in [-0.4, -0.2) is 37.2 Å². The highest BCUT2D eigenvalue weighted by Gasteiger charge is 2.19. The Hall–Kier alpha value is -3.41. The van der Waals surface area contributed by atoms with Crippen LogP contribution in [0.3, 0.4) is 0 Å². The Morgan fingerprint density at radius 3 is 0.897 bits per heavy atom. The van der Waals surface area contributed by atoms with Gasteiger partial charge in [0.1, 0.15) is 13.2 Å². The Morgan fingerprint density at radius 1 is 0.309 bits per heavy atom. The van der Waals surface area contributed by atoms with E-state index in [0.29, 0.717) is 19.3 Å².